The number of rotatable bonds is 3. The molecule has 3 N–H and O–H groups in total. The highest BCUT2D eigenvalue weighted by Crippen LogP contribution is 2.29. The third kappa shape index (κ3) is 3.10. The second-order valence-electron chi connectivity index (χ2n) is 4.30. The second-order valence-corrected chi connectivity index (χ2v) is 4.74. The minimum atomic E-state index is -0.586. The molecule has 0 saturated carbocycles. The van der Waals surface area contributed by atoms with Gasteiger partial charge in [-0.2, -0.15) is 0 Å². The number of nitro benzene ring substituents is 1. The van der Waals surface area contributed by atoms with E-state index in [1.165, 1.54) is 18.2 Å². The van der Waals surface area contributed by atoms with Crippen LogP contribution in [-0.4, -0.2) is 16.9 Å². The van der Waals surface area contributed by atoms with E-state index in [4.69, 9.17) is 17.3 Å². The van der Waals surface area contributed by atoms with Gasteiger partial charge in [-0.1, -0.05) is 23.8 Å². The van der Waals surface area contributed by atoms with Crippen molar-refractivity contribution in [3.63, 3.8) is 0 Å². The summed E-state index contributed by atoms with van der Waals surface area (Å²) >= 11 is 5.70. The van der Waals surface area contributed by atoms with Crippen LogP contribution in [0.5, 0.6) is 0 Å². The first-order valence-electron chi connectivity index (χ1n) is 5.66. The number of hydrogen-bond donors (Lipinski definition) is 2. The van der Waals surface area contributed by atoms with Gasteiger partial charge in [-0.25, -0.2) is 0 Å². The molecule has 0 saturated heterocycles. The van der Waals surface area contributed by atoms with Crippen molar-refractivity contribution in [3.8, 4) is 0 Å². The molecule has 1 aromatic carbocycles. The van der Waals surface area contributed by atoms with Gasteiger partial charge >= 0.3 is 0 Å². The molecule has 19 heavy (non-hydrogen) atoms. The first-order valence-corrected chi connectivity index (χ1v) is 6.04. The average Bonchev–Trinajstić information content (AvgIpc) is 2.78. The molecule has 2 unspecified atom stereocenters. The molecule has 0 bridgehead atoms. The average molecular weight is 282 g/mol. The summed E-state index contributed by atoms with van der Waals surface area (Å²) in [5, 5.41) is 13.7. The summed E-state index contributed by atoms with van der Waals surface area (Å²) < 4.78 is 0. The van der Waals surface area contributed by atoms with Crippen molar-refractivity contribution in [3.05, 3.63) is 45.5 Å². The van der Waals surface area contributed by atoms with Crippen LogP contribution in [0.15, 0.2) is 30.4 Å². The Morgan fingerprint density at radius 3 is 2.79 bits per heavy atom. The minimum absolute atomic E-state index is 0.133. The number of hydrogen-bond acceptors (Lipinski definition) is 4. The molecule has 1 aliphatic carbocycles. The normalized spacial score (nSPS) is 21.4. The predicted molar refractivity (Wildman–Crippen MR) is 72.0 cm³/mol. The minimum Gasteiger partial charge on any atom is -0.324 e. The van der Waals surface area contributed by atoms with Crippen LogP contribution < -0.4 is 11.1 Å². The van der Waals surface area contributed by atoms with Crippen LogP contribution in [0.4, 0.5) is 11.4 Å². The van der Waals surface area contributed by atoms with E-state index in [1.807, 2.05) is 0 Å². The Morgan fingerprint density at radius 1 is 1.47 bits per heavy atom. The van der Waals surface area contributed by atoms with E-state index in [9.17, 15) is 14.9 Å². The smallest absolute Gasteiger partial charge is 0.294 e. The van der Waals surface area contributed by atoms with Crippen LogP contribution >= 0.6 is 11.6 Å². The lowest BCUT2D eigenvalue weighted by Crippen LogP contribution is -2.24. The van der Waals surface area contributed by atoms with Gasteiger partial charge in [-0.05, 0) is 18.6 Å². The molecule has 1 amide bonds. The largest absolute Gasteiger partial charge is 0.324 e. The van der Waals surface area contributed by atoms with Gasteiger partial charge in [0.2, 0.25) is 5.91 Å². The predicted octanol–water partition coefficient (Wildman–Crippen LogP) is 2.09. The van der Waals surface area contributed by atoms with E-state index in [2.05, 4.69) is 5.32 Å². The number of halogens is 1. The Labute approximate surface area is 114 Å². The maximum Gasteiger partial charge on any atom is 0.294 e. The molecule has 0 aromatic heterocycles. The van der Waals surface area contributed by atoms with E-state index >= 15 is 0 Å². The van der Waals surface area contributed by atoms with Crippen molar-refractivity contribution in [2.45, 2.75) is 12.5 Å². The highest BCUT2D eigenvalue weighted by molar-refractivity contribution is 6.31. The van der Waals surface area contributed by atoms with Crippen LogP contribution in [-0.2, 0) is 4.79 Å². The first kappa shape index (κ1) is 13.5. The van der Waals surface area contributed by atoms with E-state index in [-0.39, 0.29) is 34.3 Å². The molecule has 1 aliphatic rings. The Kier molecular flexibility index (Phi) is 3.82. The van der Waals surface area contributed by atoms with Crippen molar-refractivity contribution >= 4 is 28.9 Å². The summed E-state index contributed by atoms with van der Waals surface area (Å²) in [7, 11) is 0. The van der Waals surface area contributed by atoms with Crippen LogP contribution in [0.1, 0.15) is 6.42 Å². The monoisotopic (exact) mass is 281 g/mol. The van der Waals surface area contributed by atoms with Crippen LogP contribution in [0.25, 0.3) is 0 Å². The summed E-state index contributed by atoms with van der Waals surface area (Å²) in [6.45, 7) is 0. The van der Waals surface area contributed by atoms with Crippen molar-refractivity contribution in [2.75, 3.05) is 5.32 Å². The van der Waals surface area contributed by atoms with Gasteiger partial charge in [-0.15, -0.1) is 0 Å². The number of carbonyl (C=O) groups excluding carboxylic acids is 1. The Bertz CT molecular complexity index is 559. The van der Waals surface area contributed by atoms with Gasteiger partial charge in [0.25, 0.3) is 5.69 Å². The van der Waals surface area contributed by atoms with Crippen molar-refractivity contribution in [2.24, 2.45) is 11.7 Å². The lowest BCUT2D eigenvalue weighted by Gasteiger charge is -2.10. The molecule has 7 heteroatoms. The van der Waals surface area contributed by atoms with E-state index < -0.39 is 4.92 Å². The van der Waals surface area contributed by atoms with Crippen molar-refractivity contribution in [1.29, 1.82) is 0 Å². The van der Waals surface area contributed by atoms with Crippen LogP contribution in [0.3, 0.4) is 0 Å². The Balaban J connectivity index is 2.17. The number of anilines is 1. The standard InChI is InChI=1S/C12H12ClN3O3/c13-8-2-4-10(11(6-8)16(18)19)15-12(17)7-1-3-9(14)5-7/h1-4,6-7,9H,5,14H2,(H,15,17). The fraction of sp³-hybridized carbons (Fsp3) is 0.250. The summed E-state index contributed by atoms with van der Waals surface area (Å²) in [5.41, 5.74) is 5.56. The topological polar surface area (TPSA) is 98.3 Å². The highest BCUT2D eigenvalue weighted by atomic mass is 35.5. The number of benzene rings is 1. The van der Waals surface area contributed by atoms with Crippen molar-refractivity contribution < 1.29 is 9.72 Å². The summed E-state index contributed by atoms with van der Waals surface area (Å²) in [6, 6.07) is 3.96. The fourth-order valence-electron chi connectivity index (χ4n) is 1.91. The third-order valence-electron chi connectivity index (χ3n) is 2.87. The molecule has 100 valence electrons. The maximum atomic E-state index is 11.9. The van der Waals surface area contributed by atoms with Crippen LogP contribution in [0.2, 0.25) is 5.02 Å². The van der Waals surface area contributed by atoms with E-state index in [1.54, 1.807) is 12.2 Å². The number of amides is 1. The van der Waals surface area contributed by atoms with Gasteiger partial charge in [0, 0.05) is 17.1 Å². The molecule has 6 nitrogen and oxygen atoms in total. The number of nitrogens with zero attached hydrogens (tertiary/aromatic N) is 1. The Hall–Kier alpha value is -1.92. The van der Waals surface area contributed by atoms with E-state index in [0.29, 0.717) is 6.42 Å². The van der Waals surface area contributed by atoms with Gasteiger partial charge in [0.1, 0.15) is 5.69 Å². The molecular weight excluding hydrogens is 270 g/mol. The molecule has 0 spiro atoms. The maximum absolute atomic E-state index is 11.9. The summed E-state index contributed by atoms with van der Waals surface area (Å²) in [5.74, 6) is -0.667. The fourth-order valence-corrected chi connectivity index (χ4v) is 2.07. The lowest BCUT2D eigenvalue weighted by molar-refractivity contribution is -0.383. The molecule has 1 aromatic rings. The summed E-state index contributed by atoms with van der Waals surface area (Å²) in [6.07, 6.45) is 3.97. The van der Waals surface area contributed by atoms with Crippen molar-refractivity contribution in [1.82, 2.24) is 0 Å². The third-order valence-corrected chi connectivity index (χ3v) is 3.10. The SMILES string of the molecule is NC1C=CC(C(=O)Nc2ccc(Cl)cc2[N+](=O)[O-])C1. The van der Waals surface area contributed by atoms with E-state index in [0.717, 1.165) is 0 Å². The molecule has 2 atom stereocenters. The zero-order valence-corrected chi connectivity index (χ0v) is 10.6. The number of nitro groups is 1. The molecular formula is C12H12ClN3O3. The highest BCUT2D eigenvalue weighted by Gasteiger charge is 2.25. The summed E-state index contributed by atoms with van der Waals surface area (Å²) in [4.78, 5) is 22.3. The molecule has 0 aliphatic heterocycles. The van der Waals surface area contributed by atoms with Gasteiger partial charge in [-0.3, -0.25) is 14.9 Å². The van der Waals surface area contributed by atoms with Gasteiger partial charge in [0.15, 0.2) is 0 Å². The lowest BCUT2D eigenvalue weighted by atomic mass is 10.1. The zero-order chi connectivity index (χ0) is 14.0. The number of carbonyl (C=O) groups is 1. The molecule has 0 heterocycles. The van der Waals surface area contributed by atoms with Crippen LogP contribution in [0, 0.1) is 16.0 Å². The Morgan fingerprint density at radius 2 is 2.21 bits per heavy atom. The molecule has 2 rings (SSSR count). The number of nitrogens with one attached hydrogen (secondary N) is 1. The quantitative estimate of drug-likeness (QED) is 0.503. The molecule has 0 fully saturated rings. The zero-order valence-electron chi connectivity index (χ0n) is 9.88. The van der Waals surface area contributed by atoms with Gasteiger partial charge < -0.3 is 11.1 Å². The molecule has 0 radical (unpaired) electrons. The number of nitrogens with two attached hydrogens (primary N) is 1. The second kappa shape index (κ2) is 5.38. The first-order chi connectivity index (χ1) is 8.97. The van der Waals surface area contributed by atoms with Gasteiger partial charge in [0.05, 0.1) is 10.8 Å².